The Bertz CT molecular complexity index is 764. The van der Waals surface area contributed by atoms with Crippen molar-refractivity contribution in [3.63, 3.8) is 0 Å². The molecule has 1 aromatic carbocycles. The van der Waals surface area contributed by atoms with Crippen LogP contribution in [0.5, 0.6) is 0 Å². The van der Waals surface area contributed by atoms with Gasteiger partial charge in [0.1, 0.15) is 0 Å². The van der Waals surface area contributed by atoms with Crippen molar-refractivity contribution in [1.82, 2.24) is 9.97 Å². The molecule has 5 nitrogen and oxygen atoms in total. The van der Waals surface area contributed by atoms with E-state index in [2.05, 4.69) is 15.3 Å². The Morgan fingerprint density at radius 1 is 1.36 bits per heavy atom. The highest BCUT2D eigenvalue weighted by atomic mass is 35.5. The van der Waals surface area contributed by atoms with Crippen molar-refractivity contribution in [1.29, 1.82) is 0 Å². The minimum atomic E-state index is -0.472. The largest absolute Gasteiger partial charge is 0.324 e. The lowest BCUT2D eigenvalue weighted by Crippen LogP contribution is -2.23. The molecule has 116 valence electrons. The van der Waals surface area contributed by atoms with Gasteiger partial charge in [0.25, 0.3) is 5.56 Å². The second kappa shape index (κ2) is 7.17. The normalized spacial score (nSPS) is 12.0. The van der Waals surface area contributed by atoms with Gasteiger partial charge in [-0.05, 0) is 32.0 Å². The first-order valence-electron chi connectivity index (χ1n) is 6.35. The highest BCUT2D eigenvalue weighted by Crippen LogP contribution is 2.27. The number of H-pyrrole nitrogens is 1. The summed E-state index contributed by atoms with van der Waals surface area (Å²) in [5, 5.41) is 3.50. The number of halogens is 2. The summed E-state index contributed by atoms with van der Waals surface area (Å²) in [5.41, 5.74) is 0.787. The van der Waals surface area contributed by atoms with Gasteiger partial charge in [-0.2, -0.15) is 0 Å². The quantitative estimate of drug-likeness (QED) is 0.648. The minimum Gasteiger partial charge on any atom is -0.324 e. The van der Waals surface area contributed by atoms with E-state index in [1.165, 1.54) is 6.07 Å². The van der Waals surface area contributed by atoms with Crippen LogP contribution in [0.15, 0.2) is 34.2 Å². The summed E-state index contributed by atoms with van der Waals surface area (Å²) in [6.45, 7) is 3.43. The Balaban J connectivity index is 2.09. The maximum Gasteiger partial charge on any atom is 0.251 e. The number of rotatable bonds is 4. The molecule has 8 heteroatoms. The van der Waals surface area contributed by atoms with Crippen molar-refractivity contribution in [3.8, 4) is 0 Å². The van der Waals surface area contributed by atoms with E-state index in [0.29, 0.717) is 26.6 Å². The molecular weight excluding hydrogens is 345 g/mol. The van der Waals surface area contributed by atoms with Gasteiger partial charge in [0.15, 0.2) is 5.16 Å². The van der Waals surface area contributed by atoms with Crippen molar-refractivity contribution < 1.29 is 4.79 Å². The molecule has 0 saturated heterocycles. The van der Waals surface area contributed by atoms with Crippen LogP contribution in [0.3, 0.4) is 0 Å². The summed E-state index contributed by atoms with van der Waals surface area (Å²) in [6.07, 6.45) is 0. The summed E-state index contributed by atoms with van der Waals surface area (Å²) in [7, 11) is 0. The predicted octanol–water partition coefficient (Wildman–Crippen LogP) is 3.50. The fourth-order valence-corrected chi connectivity index (χ4v) is 2.85. The Morgan fingerprint density at radius 3 is 2.77 bits per heavy atom. The van der Waals surface area contributed by atoms with Gasteiger partial charge in [0.05, 0.1) is 16.0 Å². The predicted molar refractivity (Wildman–Crippen MR) is 90.0 cm³/mol. The molecule has 0 radical (unpaired) electrons. The number of amides is 1. The van der Waals surface area contributed by atoms with E-state index in [-0.39, 0.29) is 11.5 Å². The van der Waals surface area contributed by atoms with Crippen molar-refractivity contribution in [3.05, 3.63) is 50.4 Å². The molecule has 22 heavy (non-hydrogen) atoms. The van der Waals surface area contributed by atoms with Crippen molar-refractivity contribution in [2.24, 2.45) is 0 Å². The molecule has 0 fully saturated rings. The van der Waals surface area contributed by atoms with Crippen LogP contribution in [0, 0.1) is 6.92 Å². The Morgan fingerprint density at radius 2 is 2.09 bits per heavy atom. The lowest BCUT2D eigenvalue weighted by Gasteiger charge is -2.12. The van der Waals surface area contributed by atoms with E-state index in [1.54, 1.807) is 32.0 Å². The number of nitrogens with zero attached hydrogens (tertiary/aromatic N) is 1. The number of hydrogen-bond acceptors (Lipinski definition) is 4. The van der Waals surface area contributed by atoms with Crippen molar-refractivity contribution >= 4 is 46.6 Å². The van der Waals surface area contributed by atoms with Crippen molar-refractivity contribution in [2.45, 2.75) is 24.3 Å². The molecule has 2 N–H and O–H groups in total. The van der Waals surface area contributed by atoms with Crippen LogP contribution in [-0.4, -0.2) is 21.1 Å². The van der Waals surface area contributed by atoms with E-state index < -0.39 is 5.25 Å². The molecule has 0 unspecified atom stereocenters. The van der Waals surface area contributed by atoms with E-state index in [4.69, 9.17) is 23.2 Å². The summed E-state index contributed by atoms with van der Waals surface area (Å²) < 4.78 is 0. The van der Waals surface area contributed by atoms with Gasteiger partial charge in [-0.15, -0.1) is 0 Å². The van der Waals surface area contributed by atoms with E-state index in [0.717, 1.165) is 11.8 Å². The smallest absolute Gasteiger partial charge is 0.251 e. The van der Waals surface area contributed by atoms with E-state index in [9.17, 15) is 9.59 Å². The molecule has 0 aliphatic carbocycles. The van der Waals surface area contributed by atoms with Crippen LogP contribution in [0.2, 0.25) is 10.0 Å². The molecule has 2 rings (SSSR count). The van der Waals surface area contributed by atoms with Gasteiger partial charge in [0.2, 0.25) is 5.91 Å². The van der Waals surface area contributed by atoms with E-state index >= 15 is 0 Å². The maximum absolute atomic E-state index is 12.2. The van der Waals surface area contributed by atoms with Crippen LogP contribution in [-0.2, 0) is 4.79 Å². The molecular formula is C14H13Cl2N3O2S. The molecule has 0 aliphatic heterocycles. The first-order chi connectivity index (χ1) is 10.3. The minimum absolute atomic E-state index is 0.250. The van der Waals surface area contributed by atoms with Crippen LogP contribution < -0.4 is 10.9 Å². The summed E-state index contributed by atoms with van der Waals surface area (Å²) in [4.78, 5) is 30.4. The first-order valence-corrected chi connectivity index (χ1v) is 7.99. The van der Waals surface area contributed by atoms with Crippen molar-refractivity contribution in [2.75, 3.05) is 5.32 Å². The number of benzene rings is 1. The van der Waals surface area contributed by atoms with Crippen LogP contribution in [0.25, 0.3) is 0 Å². The van der Waals surface area contributed by atoms with Gasteiger partial charge in [-0.3, -0.25) is 9.59 Å². The van der Waals surface area contributed by atoms with Crippen LogP contribution >= 0.6 is 35.0 Å². The van der Waals surface area contributed by atoms with E-state index in [1.807, 2.05) is 0 Å². The number of aryl methyl sites for hydroxylation is 1. The highest BCUT2D eigenvalue weighted by molar-refractivity contribution is 8.00. The fraction of sp³-hybridized carbons (Fsp3) is 0.214. The highest BCUT2D eigenvalue weighted by Gasteiger charge is 2.17. The molecule has 0 saturated carbocycles. The molecule has 1 amide bonds. The third-order valence-corrected chi connectivity index (χ3v) is 4.24. The zero-order valence-corrected chi connectivity index (χ0v) is 14.1. The average molecular weight is 358 g/mol. The SMILES string of the molecule is Cc1cc(=O)[nH]c(S[C@H](C)C(=O)Nc2cc(Cl)ccc2Cl)n1. The number of anilines is 1. The number of nitrogens with one attached hydrogen (secondary N) is 2. The van der Waals surface area contributed by atoms with Gasteiger partial charge in [-0.25, -0.2) is 4.98 Å². The molecule has 0 aliphatic rings. The Kier molecular flexibility index (Phi) is 5.50. The summed E-state index contributed by atoms with van der Waals surface area (Å²) >= 11 is 13.0. The molecule has 1 heterocycles. The molecule has 2 aromatic rings. The summed E-state index contributed by atoms with van der Waals surface area (Å²) in [5.74, 6) is -0.265. The van der Waals surface area contributed by atoms with Crippen LogP contribution in [0.1, 0.15) is 12.6 Å². The number of thioether (sulfide) groups is 1. The lowest BCUT2D eigenvalue weighted by molar-refractivity contribution is -0.115. The molecule has 1 aromatic heterocycles. The maximum atomic E-state index is 12.2. The molecule has 1 atom stereocenters. The fourth-order valence-electron chi connectivity index (χ4n) is 1.66. The second-order valence-electron chi connectivity index (χ2n) is 4.57. The zero-order chi connectivity index (χ0) is 16.3. The van der Waals surface area contributed by atoms with Gasteiger partial charge in [0, 0.05) is 16.8 Å². The standard InChI is InChI=1S/C14H13Cl2N3O2S/c1-7-5-12(20)19-14(17-7)22-8(2)13(21)18-11-6-9(15)3-4-10(11)16/h3-6,8H,1-2H3,(H,18,21)(H,17,19,20)/t8-/m1/s1. The third kappa shape index (κ3) is 4.50. The van der Waals surface area contributed by atoms with Gasteiger partial charge >= 0.3 is 0 Å². The second-order valence-corrected chi connectivity index (χ2v) is 6.74. The average Bonchev–Trinajstić information content (AvgIpc) is 2.41. The Labute approximate surface area is 141 Å². The zero-order valence-electron chi connectivity index (χ0n) is 11.8. The number of aromatic nitrogens is 2. The number of carbonyl (C=O) groups is 1. The molecule has 0 spiro atoms. The number of aromatic amines is 1. The first kappa shape index (κ1) is 16.9. The van der Waals surface area contributed by atoms with Gasteiger partial charge < -0.3 is 10.3 Å². The lowest BCUT2D eigenvalue weighted by atomic mass is 10.3. The monoisotopic (exact) mass is 357 g/mol. The van der Waals surface area contributed by atoms with Crippen LogP contribution in [0.4, 0.5) is 5.69 Å². The number of hydrogen-bond donors (Lipinski definition) is 2. The third-order valence-electron chi connectivity index (χ3n) is 2.69. The Hall–Kier alpha value is -1.50. The number of carbonyl (C=O) groups excluding carboxylic acids is 1. The summed E-state index contributed by atoms with van der Waals surface area (Å²) in [6, 6.07) is 6.21. The van der Waals surface area contributed by atoms with Gasteiger partial charge in [-0.1, -0.05) is 35.0 Å². The topological polar surface area (TPSA) is 74.8 Å². The molecule has 0 bridgehead atoms.